The number of hydrogen-bond donors (Lipinski definition) is 1. The molecule has 1 aromatic rings. The minimum Gasteiger partial charge on any atom is -0.380 e. The van der Waals surface area contributed by atoms with Crippen molar-refractivity contribution < 1.29 is 9.13 Å². The molecule has 1 aromatic carbocycles. The number of hydrogen-bond acceptors (Lipinski definition) is 2. The summed E-state index contributed by atoms with van der Waals surface area (Å²) in [6.07, 6.45) is 0. The number of rotatable bonds is 6. The first-order valence-electron chi connectivity index (χ1n) is 5.26. The first-order valence-corrected chi connectivity index (χ1v) is 5.26. The standard InChI is InChI=1S/C12H18FNO/c1-10(2)9-15-8-7-14-12-6-4-3-5-11(12)13/h3-6,10,14H,7-9H2,1-2H3. The Morgan fingerprint density at radius 3 is 2.73 bits per heavy atom. The van der Waals surface area contributed by atoms with Crippen LogP contribution < -0.4 is 5.32 Å². The van der Waals surface area contributed by atoms with E-state index in [9.17, 15) is 4.39 Å². The highest BCUT2D eigenvalue weighted by Crippen LogP contribution is 2.11. The quantitative estimate of drug-likeness (QED) is 0.730. The van der Waals surface area contributed by atoms with Gasteiger partial charge in [0.15, 0.2) is 0 Å². The van der Waals surface area contributed by atoms with Gasteiger partial charge in [-0.15, -0.1) is 0 Å². The van der Waals surface area contributed by atoms with E-state index in [-0.39, 0.29) is 5.82 Å². The van der Waals surface area contributed by atoms with Crippen LogP contribution in [0.1, 0.15) is 13.8 Å². The Hall–Kier alpha value is -1.09. The van der Waals surface area contributed by atoms with Gasteiger partial charge in [-0.05, 0) is 18.1 Å². The van der Waals surface area contributed by atoms with Crippen molar-refractivity contribution in [1.29, 1.82) is 0 Å². The van der Waals surface area contributed by atoms with E-state index in [0.29, 0.717) is 24.8 Å². The van der Waals surface area contributed by atoms with Crippen LogP contribution in [-0.4, -0.2) is 19.8 Å². The van der Waals surface area contributed by atoms with Crippen LogP contribution in [0.3, 0.4) is 0 Å². The Labute approximate surface area is 90.4 Å². The summed E-state index contributed by atoms with van der Waals surface area (Å²) in [7, 11) is 0. The molecule has 0 fully saturated rings. The van der Waals surface area contributed by atoms with E-state index in [1.54, 1.807) is 18.2 Å². The summed E-state index contributed by atoms with van der Waals surface area (Å²) in [5.74, 6) is 0.319. The third-order valence-electron chi connectivity index (χ3n) is 1.89. The van der Waals surface area contributed by atoms with Gasteiger partial charge in [0.25, 0.3) is 0 Å². The van der Waals surface area contributed by atoms with Gasteiger partial charge in [-0.3, -0.25) is 0 Å². The molecule has 84 valence electrons. The van der Waals surface area contributed by atoms with Gasteiger partial charge in [0.1, 0.15) is 5.82 Å². The molecule has 0 aliphatic heterocycles. The molecule has 1 rings (SSSR count). The average molecular weight is 211 g/mol. The molecular formula is C12H18FNO. The van der Waals surface area contributed by atoms with Gasteiger partial charge < -0.3 is 10.1 Å². The predicted molar refractivity (Wildman–Crippen MR) is 60.5 cm³/mol. The van der Waals surface area contributed by atoms with Crippen molar-refractivity contribution in [3.05, 3.63) is 30.1 Å². The van der Waals surface area contributed by atoms with E-state index in [1.165, 1.54) is 6.07 Å². The van der Waals surface area contributed by atoms with Gasteiger partial charge in [-0.1, -0.05) is 26.0 Å². The second-order valence-electron chi connectivity index (χ2n) is 3.88. The van der Waals surface area contributed by atoms with Crippen molar-refractivity contribution in [2.45, 2.75) is 13.8 Å². The molecule has 0 aliphatic carbocycles. The summed E-state index contributed by atoms with van der Waals surface area (Å²) in [6, 6.07) is 6.64. The minimum absolute atomic E-state index is 0.221. The van der Waals surface area contributed by atoms with Crippen LogP contribution in [0.15, 0.2) is 24.3 Å². The van der Waals surface area contributed by atoms with Crippen molar-refractivity contribution in [2.75, 3.05) is 25.1 Å². The lowest BCUT2D eigenvalue weighted by Crippen LogP contribution is -2.12. The summed E-state index contributed by atoms with van der Waals surface area (Å²) in [5.41, 5.74) is 0.533. The van der Waals surface area contributed by atoms with Crippen molar-refractivity contribution in [2.24, 2.45) is 5.92 Å². The summed E-state index contributed by atoms with van der Waals surface area (Å²) in [5, 5.41) is 2.99. The maximum absolute atomic E-state index is 13.1. The van der Waals surface area contributed by atoms with E-state index in [4.69, 9.17) is 4.74 Å². The zero-order chi connectivity index (χ0) is 11.1. The maximum atomic E-state index is 13.1. The molecule has 15 heavy (non-hydrogen) atoms. The number of nitrogens with one attached hydrogen (secondary N) is 1. The second kappa shape index (κ2) is 6.40. The zero-order valence-corrected chi connectivity index (χ0v) is 9.29. The van der Waals surface area contributed by atoms with Crippen LogP contribution in [0.4, 0.5) is 10.1 Å². The highest BCUT2D eigenvalue weighted by molar-refractivity contribution is 5.44. The van der Waals surface area contributed by atoms with E-state index < -0.39 is 0 Å². The Morgan fingerprint density at radius 1 is 1.33 bits per heavy atom. The molecule has 0 aromatic heterocycles. The average Bonchev–Trinajstić information content (AvgIpc) is 2.20. The third kappa shape index (κ3) is 4.79. The van der Waals surface area contributed by atoms with E-state index in [0.717, 1.165) is 6.61 Å². The highest BCUT2D eigenvalue weighted by atomic mass is 19.1. The number of halogens is 1. The fourth-order valence-corrected chi connectivity index (χ4v) is 1.18. The van der Waals surface area contributed by atoms with Crippen LogP contribution >= 0.6 is 0 Å². The Balaban J connectivity index is 2.18. The molecule has 0 heterocycles. The third-order valence-corrected chi connectivity index (χ3v) is 1.89. The minimum atomic E-state index is -0.221. The molecule has 0 radical (unpaired) electrons. The van der Waals surface area contributed by atoms with Gasteiger partial charge in [-0.25, -0.2) is 4.39 Å². The molecule has 0 aliphatic rings. The first kappa shape index (κ1) is 12.0. The van der Waals surface area contributed by atoms with E-state index in [1.807, 2.05) is 0 Å². The summed E-state index contributed by atoms with van der Waals surface area (Å²) >= 11 is 0. The fraction of sp³-hybridized carbons (Fsp3) is 0.500. The Bertz CT molecular complexity index is 289. The number of para-hydroxylation sites is 1. The maximum Gasteiger partial charge on any atom is 0.146 e. The number of anilines is 1. The molecule has 0 bridgehead atoms. The first-order chi connectivity index (χ1) is 7.20. The summed E-state index contributed by atoms with van der Waals surface area (Å²) in [6.45, 7) is 6.19. The highest BCUT2D eigenvalue weighted by Gasteiger charge is 1.98. The van der Waals surface area contributed by atoms with Crippen molar-refractivity contribution in [3.8, 4) is 0 Å². The second-order valence-corrected chi connectivity index (χ2v) is 3.88. The molecule has 0 spiro atoms. The lowest BCUT2D eigenvalue weighted by molar-refractivity contribution is 0.118. The molecule has 0 saturated heterocycles. The molecule has 0 amide bonds. The van der Waals surface area contributed by atoms with E-state index >= 15 is 0 Å². The lowest BCUT2D eigenvalue weighted by atomic mass is 10.2. The molecule has 2 nitrogen and oxygen atoms in total. The van der Waals surface area contributed by atoms with Crippen molar-refractivity contribution in [1.82, 2.24) is 0 Å². The van der Waals surface area contributed by atoms with Gasteiger partial charge in [-0.2, -0.15) is 0 Å². The van der Waals surface area contributed by atoms with Crippen LogP contribution in [0.2, 0.25) is 0 Å². The summed E-state index contributed by atoms with van der Waals surface area (Å²) < 4.78 is 18.5. The van der Waals surface area contributed by atoms with Crippen molar-refractivity contribution in [3.63, 3.8) is 0 Å². The van der Waals surface area contributed by atoms with Crippen LogP contribution in [0.5, 0.6) is 0 Å². The predicted octanol–water partition coefficient (Wildman–Crippen LogP) is 2.91. The molecule has 3 heteroatoms. The summed E-state index contributed by atoms with van der Waals surface area (Å²) in [4.78, 5) is 0. The van der Waals surface area contributed by atoms with Crippen molar-refractivity contribution >= 4 is 5.69 Å². The Morgan fingerprint density at radius 2 is 2.07 bits per heavy atom. The SMILES string of the molecule is CC(C)COCCNc1ccccc1F. The smallest absolute Gasteiger partial charge is 0.146 e. The monoisotopic (exact) mass is 211 g/mol. The molecule has 0 unspecified atom stereocenters. The fourth-order valence-electron chi connectivity index (χ4n) is 1.18. The number of ether oxygens (including phenoxy) is 1. The largest absolute Gasteiger partial charge is 0.380 e. The number of benzene rings is 1. The van der Waals surface area contributed by atoms with Gasteiger partial charge in [0.2, 0.25) is 0 Å². The van der Waals surface area contributed by atoms with Gasteiger partial charge >= 0.3 is 0 Å². The lowest BCUT2D eigenvalue weighted by Gasteiger charge is -2.09. The van der Waals surface area contributed by atoms with Crippen LogP contribution in [0, 0.1) is 11.7 Å². The van der Waals surface area contributed by atoms with Crippen LogP contribution in [-0.2, 0) is 4.74 Å². The zero-order valence-electron chi connectivity index (χ0n) is 9.29. The van der Waals surface area contributed by atoms with E-state index in [2.05, 4.69) is 19.2 Å². The Kier molecular flexibility index (Phi) is 5.12. The molecule has 0 atom stereocenters. The molecule has 1 N–H and O–H groups in total. The normalized spacial score (nSPS) is 10.7. The van der Waals surface area contributed by atoms with Gasteiger partial charge in [0.05, 0.1) is 12.3 Å². The van der Waals surface area contributed by atoms with Gasteiger partial charge in [0, 0.05) is 13.2 Å². The molecular weight excluding hydrogens is 193 g/mol. The topological polar surface area (TPSA) is 21.3 Å². The molecule has 0 saturated carbocycles. The van der Waals surface area contributed by atoms with Crippen LogP contribution in [0.25, 0.3) is 0 Å².